The van der Waals surface area contributed by atoms with Crippen LogP contribution in [-0.2, 0) is 9.53 Å². The van der Waals surface area contributed by atoms with Crippen molar-refractivity contribution in [2.75, 3.05) is 20.2 Å². The SMILES string of the molecule is COC(=O)c1cccn1C1CCN(C(=O)C=C(C)C)CC1. The van der Waals surface area contributed by atoms with Crippen molar-refractivity contribution in [3.05, 3.63) is 35.7 Å². The number of piperidine rings is 1. The molecule has 0 bridgehead atoms. The summed E-state index contributed by atoms with van der Waals surface area (Å²) in [4.78, 5) is 25.6. The maximum atomic E-state index is 12.0. The first-order valence-corrected chi connectivity index (χ1v) is 7.22. The number of methoxy groups -OCH3 is 1. The van der Waals surface area contributed by atoms with Gasteiger partial charge in [0.15, 0.2) is 0 Å². The molecule has 1 fully saturated rings. The minimum Gasteiger partial charge on any atom is -0.464 e. The van der Waals surface area contributed by atoms with Gasteiger partial charge in [0.25, 0.3) is 0 Å². The Balaban J connectivity index is 2.02. The van der Waals surface area contributed by atoms with Crippen LogP contribution in [0.15, 0.2) is 30.0 Å². The fraction of sp³-hybridized carbons (Fsp3) is 0.500. The summed E-state index contributed by atoms with van der Waals surface area (Å²) >= 11 is 0. The minimum atomic E-state index is -0.317. The Labute approximate surface area is 125 Å². The zero-order valence-electron chi connectivity index (χ0n) is 12.8. The van der Waals surface area contributed by atoms with Crippen molar-refractivity contribution >= 4 is 11.9 Å². The van der Waals surface area contributed by atoms with Crippen LogP contribution in [0.25, 0.3) is 0 Å². The van der Waals surface area contributed by atoms with E-state index in [9.17, 15) is 9.59 Å². The van der Waals surface area contributed by atoms with E-state index in [2.05, 4.69) is 0 Å². The number of carbonyl (C=O) groups is 2. The van der Waals surface area contributed by atoms with E-state index < -0.39 is 0 Å². The van der Waals surface area contributed by atoms with Gasteiger partial charge in [-0.2, -0.15) is 0 Å². The molecule has 1 aliphatic heterocycles. The van der Waals surface area contributed by atoms with Crippen molar-refractivity contribution in [1.82, 2.24) is 9.47 Å². The van der Waals surface area contributed by atoms with Crippen LogP contribution in [0.5, 0.6) is 0 Å². The first-order chi connectivity index (χ1) is 10.0. The summed E-state index contributed by atoms with van der Waals surface area (Å²) in [6.45, 7) is 5.28. The zero-order chi connectivity index (χ0) is 15.4. The summed E-state index contributed by atoms with van der Waals surface area (Å²) < 4.78 is 6.76. The predicted octanol–water partition coefficient (Wildman–Crippen LogP) is 2.40. The summed E-state index contributed by atoms with van der Waals surface area (Å²) in [6, 6.07) is 3.87. The molecule has 5 nitrogen and oxygen atoms in total. The standard InChI is InChI=1S/C16H22N2O3/c1-12(2)11-15(19)17-9-6-13(7-10-17)18-8-4-5-14(18)16(20)21-3/h4-5,8,11,13H,6-7,9-10H2,1-3H3. The van der Waals surface area contributed by atoms with Gasteiger partial charge in [0.1, 0.15) is 5.69 Å². The number of aromatic nitrogens is 1. The Morgan fingerprint density at radius 3 is 2.52 bits per heavy atom. The molecule has 0 spiro atoms. The van der Waals surface area contributed by atoms with Crippen LogP contribution >= 0.6 is 0 Å². The van der Waals surface area contributed by atoms with Crippen molar-refractivity contribution in [1.29, 1.82) is 0 Å². The van der Waals surface area contributed by atoms with Gasteiger partial charge in [-0.05, 0) is 38.8 Å². The molecule has 0 saturated carbocycles. The van der Waals surface area contributed by atoms with E-state index >= 15 is 0 Å². The lowest BCUT2D eigenvalue weighted by Gasteiger charge is -2.33. The summed E-state index contributed by atoms with van der Waals surface area (Å²) in [5, 5.41) is 0. The predicted molar refractivity (Wildman–Crippen MR) is 80.1 cm³/mol. The second kappa shape index (κ2) is 6.61. The molecule has 1 aromatic rings. The van der Waals surface area contributed by atoms with Crippen molar-refractivity contribution in [3.8, 4) is 0 Å². The van der Waals surface area contributed by atoms with Gasteiger partial charge in [0.2, 0.25) is 5.91 Å². The Morgan fingerprint density at radius 1 is 1.29 bits per heavy atom. The first kappa shape index (κ1) is 15.4. The molecule has 0 N–H and O–H groups in total. The Hall–Kier alpha value is -2.04. The molecule has 0 aliphatic carbocycles. The third-order valence-electron chi connectivity index (χ3n) is 3.76. The van der Waals surface area contributed by atoms with Crippen LogP contribution < -0.4 is 0 Å². The van der Waals surface area contributed by atoms with E-state index in [0.29, 0.717) is 18.8 Å². The van der Waals surface area contributed by atoms with E-state index in [0.717, 1.165) is 18.4 Å². The topological polar surface area (TPSA) is 51.5 Å². The fourth-order valence-corrected chi connectivity index (χ4v) is 2.69. The number of carbonyl (C=O) groups excluding carboxylic acids is 2. The number of ether oxygens (including phenoxy) is 1. The van der Waals surface area contributed by atoms with Crippen LogP contribution in [-0.4, -0.2) is 41.5 Å². The second-order valence-corrected chi connectivity index (χ2v) is 5.57. The Morgan fingerprint density at radius 2 is 1.95 bits per heavy atom. The lowest BCUT2D eigenvalue weighted by Crippen LogP contribution is -2.38. The third kappa shape index (κ3) is 3.54. The molecule has 2 heterocycles. The number of hydrogen-bond acceptors (Lipinski definition) is 3. The molecule has 0 aromatic carbocycles. The summed E-state index contributed by atoms with van der Waals surface area (Å²) in [5.41, 5.74) is 1.59. The summed E-state index contributed by atoms with van der Waals surface area (Å²) in [5.74, 6) is -0.239. The van der Waals surface area contributed by atoms with Crippen molar-refractivity contribution < 1.29 is 14.3 Å². The van der Waals surface area contributed by atoms with Crippen LogP contribution in [0.1, 0.15) is 43.2 Å². The lowest BCUT2D eigenvalue weighted by atomic mass is 10.0. The average molecular weight is 290 g/mol. The highest BCUT2D eigenvalue weighted by atomic mass is 16.5. The van der Waals surface area contributed by atoms with Gasteiger partial charge in [0.05, 0.1) is 7.11 Å². The molecule has 0 unspecified atom stereocenters. The van der Waals surface area contributed by atoms with E-state index in [1.165, 1.54) is 7.11 Å². The van der Waals surface area contributed by atoms with Gasteiger partial charge in [-0.15, -0.1) is 0 Å². The highest BCUT2D eigenvalue weighted by Gasteiger charge is 2.25. The second-order valence-electron chi connectivity index (χ2n) is 5.57. The van der Waals surface area contributed by atoms with Gasteiger partial charge in [-0.3, -0.25) is 4.79 Å². The smallest absolute Gasteiger partial charge is 0.354 e. The fourth-order valence-electron chi connectivity index (χ4n) is 2.69. The molecule has 0 atom stereocenters. The number of esters is 1. The van der Waals surface area contributed by atoms with E-state index in [1.807, 2.05) is 35.6 Å². The zero-order valence-corrected chi connectivity index (χ0v) is 12.8. The largest absolute Gasteiger partial charge is 0.464 e. The van der Waals surface area contributed by atoms with Crippen LogP contribution in [0, 0.1) is 0 Å². The minimum absolute atomic E-state index is 0.0779. The molecule has 5 heteroatoms. The maximum absolute atomic E-state index is 12.0. The maximum Gasteiger partial charge on any atom is 0.354 e. The number of allylic oxidation sites excluding steroid dienone is 1. The van der Waals surface area contributed by atoms with E-state index in [1.54, 1.807) is 12.1 Å². The Bertz CT molecular complexity index is 548. The quantitative estimate of drug-likeness (QED) is 0.634. The molecule has 1 amide bonds. The molecule has 1 aliphatic rings. The monoisotopic (exact) mass is 290 g/mol. The number of hydrogen-bond donors (Lipinski definition) is 0. The number of amides is 1. The highest BCUT2D eigenvalue weighted by Crippen LogP contribution is 2.25. The van der Waals surface area contributed by atoms with E-state index in [4.69, 9.17) is 4.74 Å². The number of likely N-dealkylation sites (tertiary alicyclic amines) is 1. The van der Waals surface area contributed by atoms with Crippen molar-refractivity contribution in [3.63, 3.8) is 0 Å². The third-order valence-corrected chi connectivity index (χ3v) is 3.76. The normalized spacial score (nSPS) is 15.7. The number of nitrogens with zero attached hydrogens (tertiary/aromatic N) is 2. The molecule has 1 saturated heterocycles. The van der Waals surface area contributed by atoms with Gasteiger partial charge < -0.3 is 14.2 Å². The van der Waals surface area contributed by atoms with Crippen molar-refractivity contribution in [2.24, 2.45) is 0 Å². The van der Waals surface area contributed by atoms with Crippen LogP contribution in [0.3, 0.4) is 0 Å². The van der Waals surface area contributed by atoms with Gasteiger partial charge in [-0.25, -0.2) is 4.79 Å². The molecule has 114 valence electrons. The van der Waals surface area contributed by atoms with Crippen LogP contribution in [0.4, 0.5) is 0 Å². The molecule has 21 heavy (non-hydrogen) atoms. The Kier molecular flexibility index (Phi) is 4.83. The average Bonchev–Trinajstić information content (AvgIpc) is 2.95. The van der Waals surface area contributed by atoms with Gasteiger partial charge >= 0.3 is 5.97 Å². The first-order valence-electron chi connectivity index (χ1n) is 7.22. The summed E-state index contributed by atoms with van der Waals surface area (Å²) in [7, 11) is 1.39. The van der Waals surface area contributed by atoms with Crippen molar-refractivity contribution in [2.45, 2.75) is 32.7 Å². The van der Waals surface area contributed by atoms with E-state index in [-0.39, 0.29) is 17.9 Å². The van der Waals surface area contributed by atoms with Crippen LogP contribution in [0.2, 0.25) is 0 Å². The van der Waals surface area contributed by atoms with Gasteiger partial charge in [0, 0.05) is 31.4 Å². The number of rotatable bonds is 3. The molecule has 2 rings (SSSR count). The summed E-state index contributed by atoms with van der Waals surface area (Å²) in [6.07, 6.45) is 5.28. The van der Waals surface area contributed by atoms with Gasteiger partial charge in [-0.1, -0.05) is 5.57 Å². The lowest BCUT2D eigenvalue weighted by molar-refractivity contribution is -0.127. The molecule has 1 aromatic heterocycles. The molecular formula is C16H22N2O3. The highest BCUT2D eigenvalue weighted by molar-refractivity contribution is 5.88. The molecular weight excluding hydrogens is 268 g/mol. The molecule has 0 radical (unpaired) electrons.